The van der Waals surface area contributed by atoms with Gasteiger partial charge in [0.1, 0.15) is 0 Å². The first-order valence-corrected chi connectivity index (χ1v) is 33.3. The van der Waals surface area contributed by atoms with Gasteiger partial charge in [0.05, 0.1) is 39.0 Å². The highest BCUT2D eigenvalue weighted by Crippen LogP contribution is 2.50. The molecule has 104 heavy (non-hydrogen) atoms. The molecule has 2 aliphatic rings. The maximum absolute atomic E-state index is 14.9. The third-order valence-corrected chi connectivity index (χ3v) is 19.8. The number of fused-ring (bicyclic) bond motifs is 7. The molecule has 15 aromatic rings. The molecule has 0 radical (unpaired) electrons. The maximum atomic E-state index is 14.9. The topological polar surface area (TPSA) is 11.4 Å². The lowest BCUT2D eigenvalue weighted by Gasteiger charge is -2.44. The smallest absolute Gasteiger partial charge is 0.311 e. The van der Waals surface area contributed by atoms with Gasteiger partial charge >= 0.3 is 24.7 Å². The summed E-state index contributed by atoms with van der Waals surface area (Å²) in [6.45, 7) is -0.364. The molecule has 0 unspecified atom stereocenters. The van der Waals surface area contributed by atoms with Crippen molar-refractivity contribution >= 4 is 79.0 Å². The van der Waals surface area contributed by atoms with E-state index >= 15 is 0 Å². The van der Waals surface area contributed by atoms with Crippen molar-refractivity contribution in [1.29, 1.82) is 0 Å². The van der Waals surface area contributed by atoms with E-state index in [0.717, 1.165) is 107 Å². The van der Waals surface area contributed by atoms with Crippen LogP contribution in [0.5, 0.6) is 0 Å². The van der Waals surface area contributed by atoms with Gasteiger partial charge in [-0.15, -0.1) is 0 Å². The Balaban J connectivity index is 0.921. The number of hydrogen-bond acceptors (Lipinski definition) is 2. The largest absolute Gasteiger partial charge is 0.416 e. The Morgan fingerprint density at radius 2 is 0.548 bits per heavy atom. The number of benzene rings is 14. The zero-order valence-electron chi connectivity index (χ0n) is 54.5. The third kappa shape index (κ3) is 11.6. The van der Waals surface area contributed by atoms with Gasteiger partial charge in [-0.25, -0.2) is 0 Å². The Morgan fingerprint density at radius 1 is 0.221 bits per heavy atom. The van der Waals surface area contributed by atoms with Crippen molar-refractivity contribution in [1.82, 2.24) is 4.57 Å². The molecule has 0 saturated heterocycles. The molecule has 0 spiro atoms. The van der Waals surface area contributed by atoms with Gasteiger partial charge < -0.3 is 14.4 Å². The van der Waals surface area contributed by atoms with E-state index in [4.69, 9.17) is 0 Å². The number of para-hydroxylation sites is 1. The molecular weight excluding hydrogens is 1340 g/mol. The minimum atomic E-state index is -5.34. The lowest BCUT2D eigenvalue weighted by atomic mass is 9.33. The van der Waals surface area contributed by atoms with Crippen LogP contribution in [-0.2, 0) is 24.7 Å². The highest BCUT2D eigenvalue weighted by Gasteiger charge is 2.45. The summed E-state index contributed by atoms with van der Waals surface area (Å²) >= 11 is 0. The molecule has 14 aromatic carbocycles. The zero-order valence-corrected chi connectivity index (χ0v) is 54.5. The summed E-state index contributed by atoms with van der Waals surface area (Å²) in [7, 11) is 0. The second-order valence-electron chi connectivity index (χ2n) is 26.0. The molecule has 3 nitrogen and oxygen atoms in total. The molecule has 3 heterocycles. The Hall–Kier alpha value is -12.3. The van der Waals surface area contributed by atoms with Crippen molar-refractivity contribution in [3.8, 4) is 83.6 Å². The summed E-state index contributed by atoms with van der Waals surface area (Å²) in [4.78, 5) is 4.63. The van der Waals surface area contributed by atoms with Gasteiger partial charge in [-0.2, -0.15) is 52.7 Å². The van der Waals surface area contributed by atoms with Crippen molar-refractivity contribution < 1.29 is 52.7 Å². The number of anilines is 6. The van der Waals surface area contributed by atoms with Gasteiger partial charge in [0.2, 0.25) is 0 Å². The molecule has 0 bridgehead atoms. The van der Waals surface area contributed by atoms with Gasteiger partial charge in [0, 0.05) is 50.5 Å². The minimum Gasteiger partial charge on any atom is -0.311 e. The lowest BCUT2D eigenvalue weighted by molar-refractivity contribution is -0.144. The highest BCUT2D eigenvalue weighted by molar-refractivity contribution is 7.00. The summed E-state index contributed by atoms with van der Waals surface area (Å²) < 4.78 is 178. The number of halogens is 12. The summed E-state index contributed by atoms with van der Waals surface area (Å²) in [6, 6.07) is 93.5. The molecule has 0 N–H and O–H groups in total. The Morgan fingerprint density at radius 3 is 0.981 bits per heavy atom. The van der Waals surface area contributed by atoms with Crippen molar-refractivity contribution in [3.05, 3.63) is 338 Å². The standard InChI is InChI=1S/C88H52BF12N3/c90-85(91,92)66-41-63(42-67(51-66)86(93,94)95)59-29-37-78(73(45-59)65-43-68(87(96,97)98)52-69(44-65)88(99,100)101)104-77-24-14-13-23-72(77)74-46-60(30-38-79(74)104)64-49-82-84-83(50-64)103(71-35-27-58(28-36-71)54-17-7-2-8-18-54)81-40-32-62(56-21-11-4-12-22-56)48-76(81)89(84)75-47-61(55-19-9-3-10-20-55)31-39-80(75)102(82)70-33-25-57(26-34-70)53-15-5-1-6-16-53/h1-52H. The lowest BCUT2D eigenvalue weighted by Crippen LogP contribution is -2.61. The quantitative estimate of drug-likeness (QED) is 0.0999. The fourth-order valence-electron chi connectivity index (χ4n) is 15.0. The Kier molecular flexibility index (Phi) is 15.5. The van der Waals surface area contributed by atoms with Crippen LogP contribution < -0.4 is 26.2 Å². The summed E-state index contributed by atoms with van der Waals surface area (Å²) in [5, 5.41) is 1.18. The van der Waals surface area contributed by atoms with E-state index in [1.54, 1.807) is 28.8 Å². The van der Waals surface area contributed by atoms with E-state index in [-0.39, 0.29) is 35.7 Å². The molecule has 2 aliphatic heterocycles. The summed E-state index contributed by atoms with van der Waals surface area (Å²) in [5.74, 6) is 0. The molecule has 1 aromatic heterocycles. The van der Waals surface area contributed by atoms with Gasteiger partial charge in [0.15, 0.2) is 0 Å². The van der Waals surface area contributed by atoms with Gasteiger partial charge in [0.25, 0.3) is 6.71 Å². The van der Waals surface area contributed by atoms with Gasteiger partial charge in [-0.05, 0) is 204 Å². The molecule has 0 saturated carbocycles. The van der Waals surface area contributed by atoms with Crippen LogP contribution in [0.1, 0.15) is 22.3 Å². The van der Waals surface area contributed by atoms with Crippen molar-refractivity contribution in [3.63, 3.8) is 0 Å². The maximum Gasteiger partial charge on any atom is 0.416 e. The molecule has 16 heteroatoms. The molecule has 0 aliphatic carbocycles. The second kappa shape index (κ2) is 24.8. The van der Waals surface area contributed by atoms with Crippen LogP contribution in [0.2, 0.25) is 0 Å². The van der Waals surface area contributed by atoms with Crippen LogP contribution in [0.4, 0.5) is 86.8 Å². The van der Waals surface area contributed by atoms with Crippen LogP contribution in [-0.4, -0.2) is 11.3 Å². The molecule has 0 amide bonds. The average Bonchev–Trinajstić information content (AvgIpc) is 0.824. The van der Waals surface area contributed by atoms with E-state index in [1.165, 1.54) is 12.1 Å². The van der Waals surface area contributed by atoms with Gasteiger partial charge in [-0.3, -0.25) is 0 Å². The monoisotopic (exact) mass is 1390 g/mol. The highest BCUT2D eigenvalue weighted by atomic mass is 19.4. The number of aromatic nitrogens is 1. The Bertz CT molecular complexity index is 5590. The van der Waals surface area contributed by atoms with E-state index in [9.17, 15) is 52.7 Å². The average molecular weight is 1390 g/mol. The minimum absolute atomic E-state index is 0.0292. The first kappa shape index (κ1) is 65.0. The predicted molar refractivity (Wildman–Crippen MR) is 393 cm³/mol. The number of rotatable bonds is 10. The van der Waals surface area contributed by atoms with E-state index < -0.39 is 58.1 Å². The van der Waals surface area contributed by atoms with Crippen LogP contribution in [0.15, 0.2) is 315 Å². The van der Waals surface area contributed by atoms with Crippen LogP contribution in [0, 0.1) is 0 Å². The first-order chi connectivity index (χ1) is 50.1. The second-order valence-corrected chi connectivity index (χ2v) is 26.0. The Labute approximate surface area is 589 Å². The number of hydrogen-bond donors (Lipinski definition) is 0. The number of alkyl halides is 12. The molecular formula is C88H52BF12N3. The molecule has 17 rings (SSSR count). The molecule has 0 fully saturated rings. The van der Waals surface area contributed by atoms with Crippen molar-refractivity contribution in [2.45, 2.75) is 24.7 Å². The van der Waals surface area contributed by atoms with E-state index in [1.807, 2.05) is 91.0 Å². The predicted octanol–water partition coefficient (Wildman–Crippen LogP) is 24.6. The first-order valence-electron chi connectivity index (χ1n) is 33.3. The normalized spacial score (nSPS) is 12.9. The van der Waals surface area contributed by atoms with Crippen LogP contribution >= 0.6 is 0 Å². The SMILES string of the molecule is FC(F)(F)c1cc(-c2ccc(-n3c4ccccc4c4cc(-c5cc6c7c(c5)N(c5ccc(-c8ccccc8)cc5)c5ccc(-c8ccccc8)cc5B7c5cc(-c7ccccc7)ccc5N6c5ccc(-c6ccccc6)cc5)ccc43)c(-c3cc(C(F)(F)F)cc(C(F)(F)F)c3)c2)cc(C(F)(F)F)c1. The van der Waals surface area contributed by atoms with Crippen molar-refractivity contribution in [2.24, 2.45) is 0 Å². The van der Waals surface area contributed by atoms with Crippen molar-refractivity contribution in [2.75, 3.05) is 9.80 Å². The van der Waals surface area contributed by atoms with E-state index in [2.05, 4.69) is 155 Å². The third-order valence-electron chi connectivity index (χ3n) is 19.8. The number of nitrogens with zero attached hydrogens (tertiary/aromatic N) is 3. The van der Waals surface area contributed by atoms with Gasteiger partial charge in [-0.1, -0.05) is 200 Å². The van der Waals surface area contributed by atoms with E-state index in [0.29, 0.717) is 51.6 Å². The fourth-order valence-corrected chi connectivity index (χ4v) is 15.0. The van der Waals surface area contributed by atoms with Crippen LogP contribution in [0.3, 0.4) is 0 Å². The van der Waals surface area contributed by atoms with Crippen LogP contribution in [0.25, 0.3) is 105 Å². The molecule has 0 atom stereocenters. The fraction of sp³-hybridized carbons (Fsp3) is 0.0455. The summed E-state index contributed by atoms with van der Waals surface area (Å²) in [6.07, 6.45) is -21.3. The summed E-state index contributed by atoms with van der Waals surface area (Å²) in [5.41, 5.74) is 10.3. The molecule has 506 valence electrons. The zero-order chi connectivity index (χ0) is 71.6.